The van der Waals surface area contributed by atoms with Crippen molar-refractivity contribution in [2.75, 3.05) is 20.2 Å². The Kier molecular flexibility index (Phi) is 4.29. The third kappa shape index (κ3) is 3.59. The van der Waals surface area contributed by atoms with Gasteiger partial charge in [-0.05, 0) is 32.1 Å². The summed E-state index contributed by atoms with van der Waals surface area (Å²) in [6.45, 7) is 3.43. The van der Waals surface area contributed by atoms with Gasteiger partial charge in [-0.25, -0.2) is 4.79 Å². The Morgan fingerprint density at radius 2 is 2.05 bits per heavy atom. The minimum absolute atomic E-state index is 0.150. The van der Waals surface area contributed by atoms with Gasteiger partial charge in [0, 0.05) is 25.2 Å². The van der Waals surface area contributed by atoms with E-state index >= 15 is 0 Å². The number of hydrogen-bond acceptors (Lipinski definition) is 4. The summed E-state index contributed by atoms with van der Waals surface area (Å²) in [5, 5.41) is 12.0. The quantitative estimate of drug-likeness (QED) is 0.794. The molecule has 2 aliphatic rings. The number of methoxy groups -OCH3 is 1. The highest BCUT2D eigenvalue weighted by Gasteiger charge is 2.39. The number of ether oxygens (including phenoxy) is 1. The Morgan fingerprint density at radius 3 is 2.58 bits per heavy atom. The van der Waals surface area contributed by atoms with Crippen molar-refractivity contribution in [3.8, 4) is 0 Å². The van der Waals surface area contributed by atoms with E-state index in [4.69, 9.17) is 0 Å². The van der Waals surface area contributed by atoms with Gasteiger partial charge in [-0.1, -0.05) is 0 Å². The molecule has 0 radical (unpaired) electrons. The molecule has 1 amide bonds. The molecule has 108 valence electrons. The first-order valence-electron chi connectivity index (χ1n) is 6.82. The average Bonchev–Trinajstić information content (AvgIpc) is 3.21. The van der Waals surface area contributed by atoms with E-state index < -0.39 is 18.0 Å². The number of likely N-dealkylation sites (tertiary alicyclic amines) is 1. The molecule has 19 heavy (non-hydrogen) atoms. The SMILES string of the molecule is COC(=O)NC1CC(C(=O)O)CN(C(C)C2CC2)C1. The van der Waals surface area contributed by atoms with Crippen molar-refractivity contribution < 1.29 is 19.4 Å². The van der Waals surface area contributed by atoms with Gasteiger partial charge in [-0.2, -0.15) is 0 Å². The molecular formula is C13H22N2O4. The standard InChI is InChI=1S/C13H22N2O4/c1-8(9-3-4-9)15-6-10(12(16)17)5-11(7-15)14-13(18)19-2/h8-11H,3-7H2,1-2H3,(H,14,18)(H,16,17). The number of nitrogens with zero attached hydrogens (tertiary/aromatic N) is 1. The zero-order valence-corrected chi connectivity index (χ0v) is 11.5. The summed E-state index contributed by atoms with van der Waals surface area (Å²) >= 11 is 0. The molecule has 0 spiro atoms. The second kappa shape index (κ2) is 5.77. The van der Waals surface area contributed by atoms with Crippen LogP contribution in [0.1, 0.15) is 26.2 Å². The summed E-state index contributed by atoms with van der Waals surface area (Å²) in [6, 6.07) is 0.243. The van der Waals surface area contributed by atoms with Gasteiger partial charge >= 0.3 is 12.1 Å². The molecule has 2 rings (SSSR count). The Balaban J connectivity index is 1.99. The highest BCUT2D eigenvalue weighted by molar-refractivity contribution is 5.71. The number of alkyl carbamates (subject to hydrolysis) is 1. The van der Waals surface area contributed by atoms with Gasteiger partial charge in [-0.3, -0.25) is 9.69 Å². The van der Waals surface area contributed by atoms with Gasteiger partial charge in [0.1, 0.15) is 0 Å². The zero-order chi connectivity index (χ0) is 14.0. The fraction of sp³-hybridized carbons (Fsp3) is 0.846. The summed E-state index contributed by atoms with van der Waals surface area (Å²) < 4.78 is 4.59. The summed E-state index contributed by atoms with van der Waals surface area (Å²) in [5.74, 6) is -0.521. The first kappa shape index (κ1) is 14.1. The summed E-state index contributed by atoms with van der Waals surface area (Å²) in [5.41, 5.74) is 0. The lowest BCUT2D eigenvalue weighted by atomic mass is 9.92. The summed E-state index contributed by atoms with van der Waals surface area (Å²) in [4.78, 5) is 24.7. The Morgan fingerprint density at radius 1 is 1.37 bits per heavy atom. The van der Waals surface area contributed by atoms with Crippen molar-refractivity contribution in [2.24, 2.45) is 11.8 Å². The molecule has 1 heterocycles. The summed E-state index contributed by atoms with van der Waals surface area (Å²) in [7, 11) is 1.32. The first-order valence-corrected chi connectivity index (χ1v) is 6.82. The van der Waals surface area contributed by atoms with Gasteiger partial charge in [0.15, 0.2) is 0 Å². The summed E-state index contributed by atoms with van der Waals surface area (Å²) in [6.07, 6.45) is 2.43. The Hall–Kier alpha value is -1.30. The predicted molar refractivity (Wildman–Crippen MR) is 68.8 cm³/mol. The molecule has 1 saturated carbocycles. The van der Waals surface area contributed by atoms with E-state index in [1.165, 1.54) is 20.0 Å². The van der Waals surface area contributed by atoms with E-state index in [9.17, 15) is 14.7 Å². The third-order valence-electron chi connectivity index (χ3n) is 4.22. The van der Waals surface area contributed by atoms with E-state index in [2.05, 4.69) is 21.9 Å². The van der Waals surface area contributed by atoms with Gasteiger partial charge < -0.3 is 15.2 Å². The molecule has 3 unspecified atom stereocenters. The van der Waals surface area contributed by atoms with Crippen LogP contribution in [0.4, 0.5) is 4.79 Å². The molecule has 3 atom stereocenters. The maximum Gasteiger partial charge on any atom is 0.407 e. The van der Waals surface area contributed by atoms with Crippen LogP contribution in [0.2, 0.25) is 0 Å². The van der Waals surface area contributed by atoms with Crippen LogP contribution in [0.15, 0.2) is 0 Å². The molecule has 6 nitrogen and oxygen atoms in total. The third-order valence-corrected chi connectivity index (χ3v) is 4.22. The van der Waals surface area contributed by atoms with E-state index in [0.717, 1.165) is 0 Å². The predicted octanol–water partition coefficient (Wildman–Crippen LogP) is 0.916. The zero-order valence-electron chi connectivity index (χ0n) is 11.5. The lowest BCUT2D eigenvalue weighted by Crippen LogP contribution is -2.55. The minimum Gasteiger partial charge on any atom is -0.481 e. The number of carbonyl (C=O) groups is 2. The van der Waals surface area contributed by atoms with Crippen LogP contribution in [-0.2, 0) is 9.53 Å². The number of carbonyl (C=O) groups excluding carboxylic acids is 1. The van der Waals surface area contributed by atoms with Crippen molar-refractivity contribution >= 4 is 12.1 Å². The number of amides is 1. The maximum atomic E-state index is 11.3. The van der Waals surface area contributed by atoms with Crippen molar-refractivity contribution in [3.63, 3.8) is 0 Å². The first-order chi connectivity index (χ1) is 9.01. The number of carboxylic acid groups (broad SMARTS) is 1. The molecule has 0 aromatic heterocycles. The fourth-order valence-electron chi connectivity index (χ4n) is 2.85. The molecular weight excluding hydrogens is 248 g/mol. The van der Waals surface area contributed by atoms with Crippen LogP contribution in [0.25, 0.3) is 0 Å². The molecule has 2 N–H and O–H groups in total. The highest BCUT2D eigenvalue weighted by Crippen LogP contribution is 2.36. The second-order valence-corrected chi connectivity index (χ2v) is 5.64. The number of nitrogens with one attached hydrogen (secondary N) is 1. The van der Waals surface area contributed by atoms with E-state index in [0.29, 0.717) is 31.5 Å². The molecule has 0 bridgehead atoms. The van der Waals surface area contributed by atoms with E-state index in [-0.39, 0.29) is 6.04 Å². The molecule has 1 aliphatic carbocycles. The maximum absolute atomic E-state index is 11.3. The highest BCUT2D eigenvalue weighted by atomic mass is 16.5. The number of aliphatic carboxylic acids is 1. The van der Waals surface area contributed by atoms with Crippen molar-refractivity contribution in [1.29, 1.82) is 0 Å². The van der Waals surface area contributed by atoms with Crippen LogP contribution in [-0.4, -0.2) is 54.4 Å². The second-order valence-electron chi connectivity index (χ2n) is 5.64. The Labute approximate surface area is 113 Å². The number of carboxylic acids is 1. The smallest absolute Gasteiger partial charge is 0.407 e. The molecule has 6 heteroatoms. The average molecular weight is 270 g/mol. The van der Waals surface area contributed by atoms with Crippen molar-refractivity contribution in [2.45, 2.75) is 38.3 Å². The van der Waals surface area contributed by atoms with E-state index in [1.807, 2.05) is 0 Å². The monoisotopic (exact) mass is 270 g/mol. The Bertz CT molecular complexity index is 357. The molecule has 0 aromatic rings. The van der Waals surface area contributed by atoms with Crippen molar-refractivity contribution in [3.05, 3.63) is 0 Å². The number of hydrogen-bond donors (Lipinski definition) is 2. The molecule has 1 saturated heterocycles. The van der Waals surface area contributed by atoms with Crippen LogP contribution in [0.5, 0.6) is 0 Å². The van der Waals surface area contributed by atoms with Gasteiger partial charge in [-0.15, -0.1) is 0 Å². The minimum atomic E-state index is -0.788. The number of rotatable bonds is 4. The lowest BCUT2D eigenvalue weighted by molar-refractivity contribution is -0.144. The van der Waals surface area contributed by atoms with Gasteiger partial charge in [0.2, 0.25) is 0 Å². The molecule has 1 aliphatic heterocycles. The normalized spacial score (nSPS) is 29.6. The largest absolute Gasteiger partial charge is 0.481 e. The van der Waals surface area contributed by atoms with Crippen LogP contribution in [0, 0.1) is 11.8 Å². The van der Waals surface area contributed by atoms with E-state index in [1.54, 1.807) is 0 Å². The lowest BCUT2D eigenvalue weighted by Gasteiger charge is -2.39. The van der Waals surface area contributed by atoms with Gasteiger partial charge in [0.05, 0.1) is 13.0 Å². The van der Waals surface area contributed by atoms with Crippen LogP contribution in [0.3, 0.4) is 0 Å². The molecule has 0 aromatic carbocycles. The molecule has 2 fully saturated rings. The van der Waals surface area contributed by atoms with Crippen LogP contribution < -0.4 is 5.32 Å². The topological polar surface area (TPSA) is 78.9 Å². The van der Waals surface area contributed by atoms with Crippen LogP contribution >= 0.6 is 0 Å². The number of piperidine rings is 1. The van der Waals surface area contributed by atoms with Crippen molar-refractivity contribution in [1.82, 2.24) is 10.2 Å². The van der Waals surface area contributed by atoms with Gasteiger partial charge in [0.25, 0.3) is 0 Å². The fourth-order valence-corrected chi connectivity index (χ4v) is 2.85.